The standard InChI is InChI=1S/C16H24NO5P.C4H10/c1-11-7-14(18)17(15(11)19)8-12-3-5-13(6-4-12)16(20)22-9-21-10-23-2;1-3-4-2/h10-13H,3-9H2,1-2H3;3-4H2,1-2H3. The summed E-state index contributed by atoms with van der Waals surface area (Å²) >= 11 is 0. The molecule has 0 aromatic rings. The predicted octanol–water partition coefficient (Wildman–Crippen LogP) is 3.85. The third-order valence-corrected chi connectivity index (χ3v) is 5.40. The van der Waals surface area contributed by atoms with Crippen molar-refractivity contribution in [3.8, 4) is 0 Å². The van der Waals surface area contributed by atoms with Gasteiger partial charge in [-0.1, -0.05) is 41.8 Å². The van der Waals surface area contributed by atoms with E-state index in [1.807, 2.05) is 6.66 Å². The van der Waals surface area contributed by atoms with Gasteiger partial charge in [0.2, 0.25) is 11.8 Å². The van der Waals surface area contributed by atoms with E-state index in [9.17, 15) is 14.4 Å². The van der Waals surface area contributed by atoms with Gasteiger partial charge in [0.1, 0.15) is 0 Å². The van der Waals surface area contributed by atoms with E-state index < -0.39 is 0 Å². The molecular weight excluding hydrogens is 365 g/mol. The molecule has 0 aromatic heterocycles. The average molecular weight is 399 g/mol. The zero-order valence-corrected chi connectivity index (χ0v) is 18.0. The number of likely N-dealkylation sites (tertiary alicyclic amines) is 1. The number of amides is 2. The fourth-order valence-corrected chi connectivity index (χ4v) is 3.40. The lowest BCUT2D eigenvalue weighted by molar-refractivity contribution is -0.157. The van der Waals surface area contributed by atoms with E-state index in [2.05, 4.69) is 13.8 Å². The largest absolute Gasteiger partial charge is 0.438 e. The van der Waals surface area contributed by atoms with E-state index in [0.717, 1.165) is 33.9 Å². The first-order chi connectivity index (χ1) is 12.9. The molecule has 154 valence electrons. The van der Waals surface area contributed by atoms with Gasteiger partial charge in [0.25, 0.3) is 0 Å². The molecule has 2 rings (SSSR count). The molecule has 1 unspecified atom stereocenters. The SMILES string of the molecule is CCCC.CP=COCOC(=O)C1CCC(CN2C(=O)CC(C)C2=O)CC1. The van der Waals surface area contributed by atoms with Crippen LogP contribution in [0.15, 0.2) is 0 Å². The minimum atomic E-state index is -0.216. The monoisotopic (exact) mass is 399 g/mol. The Labute approximate surface area is 164 Å². The van der Waals surface area contributed by atoms with Crippen LogP contribution in [0.25, 0.3) is 0 Å². The summed E-state index contributed by atoms with van der Waals surface area (Å²) in [6, 6.07) is 0. The molecule has 0 aromatic carbocycles. The zero-order chi connectivity index (χ0) is 20.2. The van der Waals surface area contributed by atoms with Crippen molar-refractivity contribution in [3.63, 3.8) is 0 Å². The molecule has 2 amide bonds. The molecule has 0 radical (unpaired) electrons. The van der Waals surface area contributed by atoms with Crippen molar-refractivity contribution < 1.29 is 23.9 Å². The number of carbonyl (C=O) groups is 3. The van der Waals surface area contributed by atoms with Gasteiger partial charge in [0.05, 0.1) is 11.9 Å². The molecule has 1 saturated heterocycles. The second kappa shape index (κ2) is 13.0. The van der Waals surface area contributed by atoms with Crippen molar-refractivity contribution in [2.75, 3.05) is 20.0 Å². The summed E-state index contributed by atoms with van der Waals surface area (Å²) < 4.78 is 10.1. The van der Waals surface area contributed by atoms with Crippen LogP contribution in [0, 0.1) is 17.8 Å². The average Bonchev–Trinajstić information content (AvgIpc) is 2.92. The topological polar surface area (TPSA) is 72.9 Å². The highest BCUT2D eigenvalue weighted by molar-refractivity contribution is 7.37. The van der Waals surface area contributed by atoms with Gasteiger partial charge < -0.3 is 9.47 Å². The summed E-state index contributed by atoms with van der Waals surface area (Å²) in [6.07, 6.45) is 6.13. The van der Waals surface area contributed by atoms with Crippen molar-refractivity contribution in [2.24, 2.45) is 17.8 Å². The summed E-state index contributed by atoms with van der Waals surface area (Å²) in [5.74, 6) is 1.25. The Bertz CT molecular complexity index is 513. The van der Waals surface area contributed by atoms with Gasteiger partial charge in [-0.3, -0.25) is 19.3 Å². The molecule has 6 nitrogen and oxygen atoms in total. The second-order valence-corrected chi connectivity index (χ2v) is 8.00. The molecule has 1 atom stereocenters. The van der Waals surface area contributed by atoms with Crippen LogP contribution in [-0.2, 0) is 23.9 Å². The van der Waals surface area contributed by atoms with E-state index in [-0.39, 0.29) is 36.4 Å². The van der Waals surface area contributed by atoms with E-state index in [1.165, 1.54) is 17.7 Å². The molecule has 27 heavy (non-hydrogen) atoms. The molecule has 1 aliphatic carbocycles. The Kier molecular flexibility index (Phi) is 11.5. The molecule has 1 aliphatic heterocycles. The van der Waals surface area contributed by atoms with Crippen molar-refractivity contribution in [1.82, 2.24) is 4.90 Å². The summed E-state index contributed by atoms with van der Waals surface area (Å²) in [4.78, 5) is 37.1. The van der Waals surface area contributed by atoms with E-state index in [1.54, 1.807) is 12.9 Å². The Balaban J connectivity index is 0.000000828. The number of unbranched alkanes of at least 4 members (excludes halogenated alkanes) is 1. The third kappa shape index (κ3) is 8.10. The Morgan fingerprint density at radius 1 is 1.19 bits per heavy atom. The number of hydrogen-bond donors (Lipinski definition) is 0. The van der Waals surface area contributed by atoms with Crippen LogP contribution < -0.4 is 0 Å². The lowest BCUT2D eigenvalue weighted by Gasteiger charge is -2.29. The van der Waals surface area contributed by atoms with Gasteiger partial charge in [-0.05, 0) is 38.3 Å². The first-order valence-corrected chi connectivity index (χ1v) is 11.4. The molecule has 0 spiro atoms. The van der Waals surface area contributed by atoms with Crippen LogP contribution >= 0.6 is 8.20 Å². The lowest BCUT2D eigenvalue weighted by Crippen LogP contribution is -2.37. The van der Waals surface area contributed by atoms with Crippen LogP contribution in [0.5, 0.6) is 0 Å². The number of ether oxygens (including phenoxy) is 2. The summed E-state index contributed by atoms with van der Waals surface area (Å²) in [6.45, 7) is 8.54. The van der Waals surface area contributed by atoms with E-state index >= 15 is 0 Å². The van der Waals surface area contributed by atoms with Crippen molar-refractivity contribution in [3.05, 3.63) is 0 Å². The maximum Gasteiger partial charge on any atom is 0.311 e. The summed E-state index contributed by atoms with van der Waals surface area (Å²) in [5, 5.41) is 0. The van der Waals surface area contributed by atoms with Crippen molar-refractivity contribution in [2.45, 2.75) is 65.7 Å². The number of hydrogen-bond acceptors (Lipinski definition) is 5. The van der Waals surface area contributed by atoms with Crippen molar-refractivity contribution in [1.29, 1.82) is 0 Å². The normalized spacial score (nSPS) is 25.5. The zero-order valence-electron chi connectivity index (χ0n) is 17.1. The Morgan fingerprint density at radius 3 is 2.30 bits per heavy atom. The van der Waals surface area contributed by atoms with Crippen LogP contribution in [0.4, 0.5) is 0 Å². The number of nitrogens with zero attached hydrogens (tertiary/aromatic N) is 1. The first kappa shape index (κ1) is 23.8. The lowest BCUT2D eigenvalue weighted by atomic mass is 9.82. The second-order valence-electron chi connectivity index (χ2n) is 7.28. The van der Waals surface area contributed by atoms with Gasteiger partial charge in [0, 0.05) is 18.9 Å². The number of rotatable bonds is 7. The Morgan fingerprint density at radius 2 is 1.81 bits per heavy atom. The molecule has 0 bridgehead atoms. The van der Waals surface area contributed by atoms with Gasteiger partial charge in [0.15, 0.2) is 6.79 Å². The highest BCUT2D eigenvalue weighted by atomic mass is 31.1. The highest BCUT2D eigenvalue weighted by Gasteiger charge is 2.37. The quantitative estimate of drug-likeness (QED) is 0.214. The summed E-state index contributed by atoms with van der Waals surface area (Å²) in [5.41, 5.74) is 0. The molecule has 2 aliphatic rings. The van der Waals surface area contributed by atoms with E-state index in [4.69, 9.17) is 9.47 Å². The fourth-order valence-electron chi connectivity index (χ4n) is 3.19. The van der Waals surface area contributed by atoms with Gasteiger partial charge in [-0.25, -0.2) is 0 Å². The fraction of sp³-hybridized carbons (Fsp3) is 0.800. The maximum atomic E-state index is 11.9. The third-order valence-electron chi connectivity index (χ3n) is 5.04. The number of imide groups is 1. The molecule has 2 fully saturated rings. The predicted molar refractivity (Wildman–Crippen MR) is 107 cm³/mol. The molecule has 1 saturated carbocycles. The van der Waals surface area contributed by atoms with Gasteiger partial charge in [-0.2, -0.15) is 0 Å². The number of carbonyl (C=O) groups excluding carboxylic acids is 3. The van der Waals surface area contributed by atoms with Crippen LogP contribution in [-0.4, -0.2) is 48.7 Å². The summed E-state index contributed by atoms with van der Waals surface area (Å²) in [7, 11) is 0.984. The first-order valence-electron chi connectivity index (χ1n) is 9.97. The van der Waals surface area contributed by atoms with Gasteiger partial charge >= 0.3 is 5.97 Å². The van der Waals surface area contributed by atoms with Crippen LogP contribution in [0.1, 0.15) is 65.7 Å². The molecular formula is C20H34NO5P. The molecule has 1 heterocycles. The maximum absolute atomic E-state index is 11.9. The van der Waals surface area contributed by atoms with E-state index in [0.29, 0.717) is 18.9 Å². The molecule has 0 N–H and O–H groups in total. The Hall–Kier alpha value is -1.26. The smallest absolute Gasteiger partial charge is 0.311 e. The minimum absolute atomic E-state index is 0.0335. The highest BCUT2D eigenvalue weighted by Crippen LogP contribution is 2.31. The minimum Gasteiger partial charge on any atom is -0.438 e. The van der Waals surface area contributed by atoms with Gasteiger partial charge in [-0.15, -0.1) is 0 Å². The molecule has 7 heteroatoms. The van der Waals surface area contributed by atoms with Crippen LogP contribution in [0.3, 0.4) is 0 Å². The number of esters is 1. The van der Waals surface area contributed by atoms with Crippen molar-refractivity contribution >= 4 is 32.0 Å². The van der Waals surface area contributed by atoms with Crippen LogP contribution in [0.2, 0.25) is 0 Å².